The van der Waals surface area contributed by atoms with Gasteiger partial charge in [-0.3, -0.25) is 4.79 Å². The lowest BCUT2D eigenvalue weighted by Gasteiger charge is -2.21. The third-order valence-electron chi connectivity index (χ3n) is 3.60. The predicted molar refractivity (Wildman–Crippen MR) is 75.5 cm³/mol. The molecule has 0 radical (unpaired) electrons. The van der Waals surface area contributed by atoms with Crippen molar-refractivity contribution < 1.29 is 14.7 Å². The molecule has 1 amide bonds. The molecule has 108 valence electrons. The van der Waals surface area contributed by atoms with Gasteiger partial charge in [0.1, 0.15) is 0 Å². The first-order valence-corrected chi connectivity index (χ1v) is 6.95. The smallest absolute Gasteiger partial charge is 0.335 e. The minimum absolute atomic E-state index is 0.0395. The summed E-state index contributed by atoms with van der Waals surface area (Å²) in [4.78, 5) is 22.7. The average Bonchev–Trinajstić information content (AvgIpc) is 2.46. The van der Waals surface area contributed by atoms with Gasteiger partial charge in [-0.1, -0.05) is 12.1 Å². The van der Waals surface area contributed by atoms with E-state index in [-0.39, 0.29) is 11.5 Å². The molecule has 0 bridgehead atoms. The Kier molecular flexibility index (Phi) is 5.12. The molecule has 1 fully saturated rings. The monoisotopic (exact) mass is 276 g/mol. The second-order valence-corrected chi connectivity index (χ2v) is 5.18. The van der Waals surface area contributed by atoms with Crippen LogP contribution in [0.15, 0.2) is 24.3 Å². The van der Waals surface area contributed by atoms with E-state index in [2.05, 4.69) is 10.6 Å². The van der Waals surface area contributed by atoms with E-state index in [1.54, 1.807) is 18.2 Å². The average molecular weight is 276 g/mol. The molecule has 5 nitrogen and oxygen atoms in total. The number of hydrogen-bond acceptors (Lipinski definition) is 3. The SMILES string of the molecule is O=C(CC1CCNCC1)NCc1cccc(C(=O)O)c1. The van der Waals surface area contributed by atoms with E-state index < -0.39 is 5.97 Å². The van der Waals surface area contributed by atoms with Crippen LogP contribution in [0.4, 0.5) is 0 Å². The molecule has 5 heteroatoms. The van der Waals surface area contributed by atoms with Crippen LogP contribution in [0.2, 0.25) is 0 Å². The molecular formula is C15H20N2O3. The quantitative estimate of drug-likeness (QED) is 0.759. The van der Waals surface area contributed by atoms with Gasteiger partial charge in [-0.25, -0.2) is 4.79 Å². The van der Waals surface area contributed by atoms with Crippen LogP contribution in [-0.2, 0) is 11.3 Å². The van der Waals surface area contributed by atoms with Gasteiger partial charge in [0, 0.05) is 13.0 Å². The first-order chi connectivity index (χ1) is 9.65. The number of carbonyl (C=O) groups excluding carboxylic acids is 1. The molecule has 1 aliphatic heterocycles. The molecule has 2 rings (SSSR count). The molecule has 0 atom stereocenters. The van der Waals surface area contributed by atoms with Crippen LogP contribution in [-0.4, -0.2) is 30.1 Å². The van der Waals surface area contributed by atoms with Gasteiger partial charge < -0.3 is 15.7 Å². The summed E-state index contributed by atoms with van der Waals surface area (Å²) in [5, 5.41) is 15.0. The lowest BCUT2D eigenvalue weighted by molar-refractivity contribution is -0.122. The highest BCUT2D eigenvalue weighted by Crippen LogP contribution is 2.15. The summed E-state index contributed by atoms with van der Waals surface area (Å²) in [6.45, 7) is 2.35. The Balaban J connectivity index is 1.80. The maximum Gasteiger partial charge on any atom is 0.335 e. The van der Waals surface area contributed by atoms with Crippen molar-refractivity contribution in [3.05, 3.63) is 35.4 Å². The first kappa shape index (κ1) is 14.5. The highest BCUT2D eigenvalue weighted by Gasteiger charge is 2.16. The summed E-state index contributed by atoms with van der Waals surface area (Å²) in [5.41, 5.74) is 1.05. The molecule has 3 N–H and O–H groups in total. The van der Waals surface area contributed by atoms with Crippen molar-refractivity contribution in [3.63, 3.8) is 0 Å². The van der Waals surface area contributed by atoms with Crippen molar-refractivity contribution in [2.75, 3.05) is 13.1 Å². The zero-order valence-corrected chi connectivity index (χ0v) is 11.4. The Hall–Kier alpha value is -1.88. The lowest BCUT2D eigenvalue weighted by Crippen LogP contribution is -2.32. The highest BCUT2D eigenvalue weighted by molar-refractivity contribution is 5.87. The molecule has 20 heavy (non-hydrogen) atoms. The van der Waals surface area contributed by atoms with Crippen LogP contribution in [0.25, 0.3) is 0 Å². The van der Waals surface area contributed by atoms with Gasteiger partial charge >= 0.3 is 5.97 Å². The van der Waals surface area contributed by atoms with E-state index in [4.69, 9.17) is 5.11 Å². The normalized spacial score (nSPS) is 15.8. The topological polar surface area (TPSA) is 78.4 Å². The van der Waals surface area contributed by atoms with Crippen LogP contribution in [0.3, 0.4) is 0 Å². The largest absolute Gasteiger partial charge is 0.478 e. The minimum atomic E-state index is -0.951. The van der Waals surface area contributed by atoms with Crippen molar-refractivity contribution in [2.45, 2.75) is 25.8 Å². The fraction of sp³-hybridized carbons (Fsp3) is 0.467. The lowest BCUT2D eigenvalue weighted by atomic mass is 9.94. The number of carboxylic acid groups (broad SMARTS) is 1. The first-order valence-electron chi connectivity index (χ1n) is 6.95. The summed E-state index contributed by atoms with van der Waals surface area (Å²) < 4.78 is 0. The third-order valence-corrected chi connectivity index (χ3v) is 3.60. The Morgan fingerprint density at radius 1 is 1.30 bits per heavy atom. The molecule has 1 aromatic carbocycles. The van der Waals surface area contributed by atoms with E-state index in [1.807, 2.05) is 6.07 Å². The molecule has 1 heterocycles. The van der Waals surface area contributed by atoms with Crippen LogP contribution >= 0.6 is 0 Å². The van der Waals surface area contributed by atoms with Gasteiger partial charge in [0.25, 0.3) is 0 Å². The fourth-order valence-corrected chi connectivity index (χ4v) is 2.44. The zero-order chi connectivity index (χ0) is 14.4. The zero-order valence-electron chi connectivity index (χ0n) is 11.4. The van der Waals surface area contributed by atoms with Crippen LogP contribution in [0, 0.1) is 5.92 Å². The molecule has 0 unspecified atom stereocenters. The molecule has 0 saturated carbocycles. The van der Waals surface area contributed by atoms with E-state index in [9.17, 15) is 9.59 Å². The number of aromatic carboxylic acids is 1. The molecule has 1 aliphatic rings. The number of rotatable bonds is 5. The van der Waals surface area contributed by atoms with Crippen LogP contribution in [0.1, 0.15) is 35.2 Å². The summed E-state index contributed by atoms with van der Waals surface area (Å²) in [6.07, 6.45) is 2.64. The fourth-order valence-electron chi connectivity index (χ4n) is 2.44. The van der Waals surface area contributed by atoms with Gasteiger partial charge in [-0.2, -0.15) is 0 Å². The van der Waals surface area contributed by atoms with Gasteiger partial charge in [0.15, 0.2) is 0 Å². The maximum atomic E-state index is 11.9. The van der Waals surface area contributed by atoms with Crippen molar-refractivity contribution >= 4 is 11.9 Å². The van der Waals surface area contributed by atoms with Crippen LogP contribution in [0.5, 0.6) is 0 Å². The Morgan fingerprint density at radius 3 is 2.75 bits per heavy atom. The second kappa shape index (κ2) is 7.05. The van der Waals surface area contributed by atoms with Gasteiger partial charge in [-0.05, 0) is 49.5 Å². The van der Waals surface area contributed by atoms with Gasteiger partial charge in [-0.15, -0.1) is 0 Å². The molecule has 0 aliphatic carbocycles. The van der Waals surface area contributed by atoms with Crippen molar-refractivity contribution in [1.29, 1.82) is 0 Å². The standard InChI is InChI=1S/C15H20N2O3/c18-14(9-11-4-6-16-7-5-11)17-10-12-2-1-3-13(8-12)15(19)20/h1-3,8,11,16H,4-7,9-10H2,(H,17,18)(H,19,20). The summed E-state index contributed by atoms with van der Waals surface area (Å²) in [5.74, 6) is -0.452. The number of hydrogen-bond donors (Lipinski definition) is 3. The van der Waals surface area contributed by atoms with Crippen molar-refractivity contribution in [1.82, 2.24) is 10.6 Å². The predicted octanol–water partition coefficient (Wildman–Crippen LogP) is 1.39. The maximum absolute atomic E-state index is 11.9. The number of carboxylic acids is 1. The van der Waals surface area contributed by atoms with Crippen molar-refractivity contribution in [3.8, 4) is 0 Å². The molecule has 1 saturated heterocycles. The van der Waals surface area contributed by atoms with Crippen molar-refractivity contribution in [2.24, 2.45) is 5.92 Å². The number of nitrogens with one attached hydrogen (secondary N) is 2. The second-order valence-electron chi connectivity index (χ2n) is 5.18. The highest BCUT2D eigenvalue weighted by atomic mass is 16.4. The number of benzene rings is 1. The summed E-state index contributed by atoms with van der Waals surface area (Å²) >= 11 is 0. The molecule has 0 spiro atoms. The van der Waals surface area contributed by atoms with Crippen LogP contribution < -0.4 is 10.6 Å². The number of amides is 1. The number of piperidine rings is 1. The molecular weight excluding hydrogens is 256 g/mol. The van der Waals surface area contributed by atoms with E-state index in [0.29, 0.717) is 18.9 Å². The van der Waals surface area contributed by atoms with E-state index in [0.717, 1.165) is 31.5 Å². The Morgan fingerprint density at radius 2 is 2.05 bits per heavy atom. The minimum Gasteiger partial charge on any atom is -0.478 e. The van der Waals surface area contributed by atoms with E-state index in [1.165, 1.54) is 0 Å². The molecule has 0 aromatic heterocycles. The third kappa shape index (κ3) is 4.35. The van der Waals surface area contributed by atoms with Gasteiger partial charge in [0.05, 0.1) is 5.56 Å². The van der Waals surface area contributed by atoms with E-state index >= 15 is 0 Å². The molecule has 1 aromatic rings. The summed E-state index contributed by atoms with van der Waals surface area (Å²) in [6, 6.07) is 6.64. The van der Waals surface area contributed by atoms with Gasteiger partial charge in [0.2, 0.25) is 5.91 Å². The number of carbonyl (C=O) groups is 2. The summed E-state index contributed by atoms with van der Waals surface area (Å²) in [7, 11) is 0. The Bertz CT molecular complexity index is 482. The Labute approximate surface area is 118 Å².